The molecule has 0 atom stereocenters. The second-order valence-electron chi connectivity index (χ2n) is 5.83. The molecule has 0 radical (unpaired) electrons. The first-order valence-electron chi connectivity index (χ1n) is 6.72. The Bertz CT molecular complexity index is 232. The molecule has 2 heteroatoms. The molecule has 1 rings (SSSR count). The Morgan fingerprint density at radius 2 is 1.88 bits per heavy atom. The van der Waals surface area contributed by atoms with Gasteiger partial charge in [-0.2, -0.15) is 5.26 Å². The Morgan fingerprint density at radius 3 is 2.38 bits per heavy atom. The largest absolute Gasteiger partial charge is 0.314 e. The van der Waals surface area contributed by atoms with Crippen molar-refractivity contribution in [2.75, 3.05) is 6.54 Å². The molecule has 0 aromatic rings. The van der Waals surface area contributed by atoms with Gasteiger partial charge in [-0.05, 0) is 58.4 Å². The van der Waals surface area contributed by atoms with Crippen LogP contribution in [0.1, 0.15) is 59.3 Å². The van der Waals surface area contributed by atoms with Crippen molar-refractivity contribution in [3.63, 3.8) is 0 Å². The summed E-state index contributed by atoms with van der Waals surface area (Å²) in [6.45, 7) is 7.32. The quantitative estimate of drug-likeness (QED) is 0.773. The van der Waals surface area contributed by atoms with Gasteiger partial charge in [-0.3, -0.25) is 0 Å². The number of rotatable bonds is 5. The highest BCUT2D eigenvalue weighted by Crippen LogP contribution is 2.26. The maximum Gasteiger partial charge on any atom is 0.0684 e. The summed E-state index contributed by atoms with van der Waals surface area (Å²) in [7, 11) is 0. The fraction of sp³-hybridized carbons (Fsp3) is 0.929. The van der Waals surface area contributed by atoms with E-state index in [4.69, 9.17) is 5.26 Å². The summed E-state index contributed by atoms with van der Waals surface area (Å²) in [5.74, 6) is 0.966. The standard InChI is InChI=1S/C14H26N2/c1-4-12-5-7-13(8-6-12)16-10-9-14(2,3)11-15/h12-13,16H,4-10H2,1-3H3. The molecule has 1 N–H and O–H groups in total. The zero-order valence-electron chi connectivity index (χ0n) is 11.1. The van der Waals surface area contributed by atoms with Crippen molar-refractivity contribution < 1.29 is 0 Å². The van der Waals surface area contributed by atoms with Gasteiger partial charge < -0.3 is 5.32 Å². The molecular weight excluding hydrogens is 196 g/mol. The molecule has 92 valence electrons. The Balaban J connectivity index is 2.14. The van der Waals surface area contributed by atoms with Gasteiger partial charge in [0, 0.05) is 6.04 Å². The average Bonchev–Trinajstić information content (AvgIpc) is 2.30. The number of hydrogen-bond donors (Lipinski definition) is 1. The van der Waals surface area contributed by atoms with Crippen molar-refractivity contribution in [2.45, 2.75) is 65.3 Å². The molecule has 1 aliphatic carbocycles. The van der Waals surface area contributed by atoms with E-state index in [1.165, 1.54) is 32.1 Å². The predicted octanol–water partition coefficient (Wildman–Crippen LogP) is 3.48. The Kier molecular flexibility index (Phi) is 5.28. The topological polar surface area (TPSA) is 35.8 Å². The minimum atomic E-state index is -0.173. The SMILES string of the molecule is CCC1CCC(NCCC(C)(C)C#N)CC1. The first kappa shape index (κ1) is 13.5. The zero-order chi connectivity index (χ0) is 12.0. The molecule has 2 nitrogen and oxygen atoms in total. The summed E-state index contributed by atoms with van der Waals surface area (Å²) in [4.78, 5) is 0. The second-order valence-corrected chi connectivity index (χ2v) is 5.83. The van der Waals surface area contributed by atoms with Crippen LogP contribution < -0.4 is 5.32 Å². The third kappa shape index (κ3) is 4.53. The first-order chi connectivity index (χ1) is 7.57. The van der Waals surface area contributed by atoms with Gasteiger partial charge in [-0.15, -0.1) is 0 Å². The highest BCUT2D eigenvalue weighted by atomic mass is 14.9. The Hall–Kier alpha value is -0.550. The Labute approximate surface area is 100 Å². The van der Waals surface area contributed by atoms with Crippen molar-refractivity contribution >= 4 is 0 Å². The van der Waals surface area contributed by atoms with E-state index in [0.717, 1.165) is 18.9 Å². The molecule has 0 aromatic heterocycles. The van der Waals surface area contributed by atoms with Crippen LogP contribution in [0.4, 0.5) is 0 Å². The average molecular weight is 222 g/mol. The van der Waals surface area contributed by atoms with Gasteiger partial charge in [0.05, 0.1) is 11.5 Å². The lowest BCUT2D eigenvalue weighted by Crippen LogP contribution is -2.35. The molecule has 16 heavy (non-hydrogen) atoms. The monoisotopic (exact) mass is 222 g/mol. The van der Waals surface area contributed by atoms with Gasteiger partial charge in [-0.25, -0.2) is 0 Å². The molecule has 1 fully saturated rings. The van der Waals surface area contributed by atoms with Gasteiger partial charge in [0.25, 0.3) is 0 Å². The van der Waals surface area contributed by atoms with Crippen LogP contribution in [-0.2, 0) is 0 Å². The van der Waals surface area contributed by atoms with Crippen LogP contribution in [0, 0.1) is 22.7 Å². The summed E-state index contributed by atoms with van der Waals surface area (Å²) >= 11 is 0. The summed E-state index contributed by atoms with van der Waals surface area (Å²) in [6, 6.07) is 3.06. The van der Waals surface area contributed by atoms with E-state index in [1.54, 1.807) is 0 Å². The van der Waals surface area contributed by atoms with Crippen LogP contribution >= 0.6 is 0 Å². The van der Waals surface area contributed by atoms with Crippen molar-refractivity contribution in [3.05, 3.63) is 0 Å². The number of nitriles is 1. The van der Waals surface area contributed by atoms with Crippen LogP contribution in [0.5, 0.6) is 0 Å². The lowest BCUT2D eigenvalue weighted by Gasteiger charge is -2.29. The van der Waals surface area contributed by atoms with Gasteiger partial charge in [0.2, 0.25) is 0 Å². The normalized spacial score (nSPS) is 26.4. The van der Waals surface area contributed by atoms with Gasteiger partial charge in [-0.1, -0.05) is 13.3 Å². The fourth-order valence-electron chi connectivity index (χ4n) is 2.42. The highest BCUT2D eigenvalue weighted by molar-refractivity contribution is 4.92. The lowest BCUT2D eigenvalue weighted by molar-refractivity contribution is 0.279. The predicted molar refractivity (Wildman–Crippen MR) is 68.1 cm³/mol. The minimum absolute atomic E-state index is 0.173. The van der Waals surface area contributed by atoms with E-state index >= 15 is 0 Å². The van der Waals surface area contributed by atoms with Crippen LogP contribution in [0.3, 0.4) is 0 Å². The smallest absolute Gasteiger partial charge is 0.0684 e. The fourth-order valence-corrected chi connectivity index (χ4v) is 2.42. The molecule has 1 saturated carbocycles. The maximum absolute atomic E-state index is 8.92. The molecule has 0 aromatic carbocycles. The van der Waals surface area contributed by atoms with E-state index < -0.39 is 0 Å². The molecular formula is C14H26N2. The van der Waals surface area contributed by atoms with E-state index in [9.17, 15) is 0 Å². The summed E-state index contributed by atoms with van der Waals surface area (Å²) in [5.41, 5.74) is -0.173. The molecule has 0 amide bonds. The van der Waals surface area contributed by atoms with Crippen molar-refractivity contribution in [2.24, 2.45) is 11.3 Å². The summed E-state index contributed by atoms with van der Waals surface area (Å²) < 4.78 is 0. The third-order valence-corrected chi connectivity index (χ3v) is 3.91. The second kappa shape index (κ2) is 6.25. The van der Waals surface area contributed by atoms with Crippen LogP contribution in [0.15, 0.2) is 0 Å². The lowest BCUT2D eigenvalue weighted by atomic mass is 9.84. The number of hydrogen-bond acceptors (Lipinski definition) is 2. The Morgan fingerprint density at radius 1 is 1.25 bits per heavy atom. The van der Waals surface area contributed by atoms with Crippen molar-refractivity contribution in [1.29, 1.82) is 5.26 Å². The third-order valence-electron chi connectivity index (χ3n) is 3.91. The van der Waals surface area contributed by atoms with Crippen molar-refractivity contribution in [3.8, 4) is 6.07 Å². The molecule has 0 bridgehead atoms. The highest BCUT2D eigenvalue weighted by Gasteiger charge is 2.21. The van der Waals surface area contributed by atoms with Crippen LogP contribution in [-0.4, -0.2) is 12.6 Å². The summed E-state index contributed by atoms with van der Waals surface area (Å²) in [5, 5.41) is 12.5. The minimum Gasteiger partial charge on any atom is -0.314 e. The molecule has 0 unspecified atom stereocenters. The number of nitrogens with one attached hydrogen (secondary N) is 1. The summed E-state index contributed by atoms with van der Waals surface area (Å²) in [6.07, 6.45) is 7.72. The van der Waals surface area contributed by atoms with Gasteiger partial charge in [0.1, 0.15) is 0 Å². The molecule has 1 aliphatic rings. The molecule has 0 aliphatic heterocycles. The van der Waals surface area contributed by atoms with Crippen molar-refractivity contribution in [1.82, 2.24) is 5.32 Å². The molecule has 0 saturated heterocycles. The zero-order valence-corrected chi connectivity index (χ0v) is 11.1. The van der Waals surface area contributed by atoms with Crippen LogP contribution in [0.25, 0.3) is 0 Å². The number of nitrogens with zero attached hydrogens (tertiary/aromatic N) is 1. The van der Waals surface area contributed by atoms with E-state index in [-0.39, 0.29) is 5.41 Å². The molecule has 0 heterocycles. The maximum atomic E-state index is 8.92. The van der Waals surface area contributed by atoms with E-state index in [1.807, 2.05) is 13.8 Å². The van der Waals surface area contributed by atoms with E-state index in [0.29, 0.717) is 6.04 Å². The van der Waals surface area contributed by atoms with E-state index in [2.05, 4.69) is 18.3 Å². The van der Waals surface area contributed by atoms with Crippen LogP contribution in [0.2, 0.25) is 0 Å². The van der Waals surface area contributed by atoms with Gasteiger partial charge in [0.15, 0.2) is 0 Å². The van der Waals surface area contributed by atoms with Gasteiger partial charge >= 0.3 is 0 Å². The molecule has 0 spiro atoms. The first-order valence-corrected chi connectivity index (χ1v) is 6.72.